The molecular weight excluding hydrogens is 472 g/mol. The topological polar surface area (TPSA) is 83.6 Å². The number of benzene rings is 2. The van der Waals surface area contributed by atoms with Crippen LogP contribution >= 0.6 is 0 Å². The van der Waals surface area contributed by atoms with Crippen LogP contribution in [0.15, 0.2) is 42.5 Å². The van der Waals surface area contributed by atoms with Gasteiger partial charge >= 0.3 is 6.09 Å². The van der Waals surface area contributed by atoms with Gasteiger partial charge in [-0.15, -0.1) is 0 Å². The summed E-state index contributed by atoms with van der Waals surface area (Å²) in [6, 6.07) is 14.0. The van der Waals surface area contributed by atoms with Crippen LogP contribution in [-0.2, 0) is 14.3 Å². The largest absolute Gasteiger partial charge is 0.481 e. The molecule has 2 aromatic rings. The molecular formula is C28H38N4O5. The van der Waals surface area contributed by atoms with E-state index in [1.165, 1.54) is 10.6 Å². The second kappa shape index (κ2) is 10.9. The summed E-state index contributed by atoms with van der Waals surface area (Å²) in [6.07, 6.45) is -0.000880. The number of likely N-dealkylation sites (N-methyl/N-ethyl adjacent to an activating group) is 1. The van der Waals surface area contributed by atoms with Crippen LogP contribution in [0, 0.1) is 0 Å². The Morgan fingerprint density at radius 2 is 1.73 bits per heavy atom. The molecule has 1 saturated heterocycles. The van der Waals surface area contributed by atoms with Crippen LogP contribution in [0.25, 0.3) is 0 Å². The summed E-state index contributed by atoms with van der Waals surface area (Å²) >= 11 is 0. The highest BCUT2D eigenvalue weighted by Crippen LogP contribution is 2.35. The first-order valence-electron chi connectivity index (χ1n) is 12.8. The predicted molar refractivity (Wildman–Crippen MR) is 145 cm³/mol. The summed E-state index contributed by atoms with van der Waals surface area (Å²) in [5.74, 6) is 0.477. The molecule has 0 saturated carbocycles. The summed E-state index contributed by atoms with van der Waals surface area (Å²) in [6.45, 7) is 12.1. The van der Waals surface area contributed by atoms with Crippen LogP contribution in [0.3, 0.4) is 0 Å². The zero-order chi connectivity index (χ0) is 26.7. The van der Waals surface area contributed by atoms with Crippen LogP contribution in [-0.4, -0.2) is 74.5 Å². The third kappa shape index (κ3) is 6.85. The van der Waals surface area contributed by atoms with Gasteiger partial charge in [-0.05, 0) is 71.0 Å². The molecule has 9 heteroatoms. The van der Waals surface area contributed by atoms with E-state index in [9.17, 15) is 9.59 Å². The molecule has 2 unspecified atom stereocenters. The lowest BCUT2D eigenvalue weighted by atomic mass is 10.1. The first-order valence-corrected chi connectivity index (χ1v) is 12.8. The van der Waals surface area contributed by atoms with E-state index >= 15 is 0 Å². The Morgan fingerprint density at radius 1 is 1.08 bits per heavy atom. The zero-order valence-electron chi connectivity index (χ0n) is 22.6. The third-order valence-electron chi connectivity index (χ3n) is 6.21. The van der Waals surface area contributed by atoms with E-state index in [1.807, 2.05) is 39.0 Å². The highest BCUT2D eigenvalue weighted by molar-refractivity contribution is 5.98. The average molecular weight is 511 g/mol. The van der Waals surface area contributed by atoms with E-state index in [4.69, 9.17) is 14.2 Å². The quantitative estimate of drug-likeness (QED) is 0.606. The second-order valence-electron chi connectivity index (χ2n) is 10.8. The van der Waals surface area contributed by atoms with Crippen molar-refractivity contribution < 1.29 is 23.8 Å². The lowest BCUT2D eigenvalue weighted by Gasteiger charge is -2.36. The van der Waals surface area contributed by atoms with Gasteiger partial charge in [-0.25, -0.2) is 4.79 Å². The Kier molecular flexibility index (Phi) is 7.82. The number of amides is 2. The van der Waals surface area contributed by atoms with Gasteiger partial charge in [-0.1, -0.05) is 0 Å². The van der Waals surface area contributed by atoms with E-state index in [1.54, 1.807) is 11.9 Å². The van der Waals surface area contributed by atoms with E-state index in [-0.39, 0.29) is 24.7 Å². The van der Waals surface area contributed by atoms with Gasteiger partial charge in [-0.3, -0.25) is 4.79 Å². The number of carbonyl (C=O) groups excluding carboxylic acids is 2. The van der Waals surface area contributed by atoms with Crippen molar-refractivity contribution in [2.75, 3.05) is 55.0 Å². The molecule has 2 amide bonds. The molecule has 0 aromatic heterocycles. The van der Waals surface area contributed by atoms with Gasteiger partial charge in [0.25, 0.3) is 5.91 Å². The fraction of sp³-hybridized carbons (Fsp3) is 0.500. The zero-order valence-corrected chi connectivity index (χ0v) is 22.6. The fourth-order valence-corrected chi connectivity index (χ4v) is 4.52. The standard InChI is InChI=1S/C28H38N4O5/c1-19-16-31(17-20(2)36-19)23-10-7-21(8-11-23)29-22-9-12-24-25(15-22)35-18-26(33)32(24)14-13-30(6)27(34)37-28(3,4)5/h7-12,15,19-20,29H,13-14,16-18H2,1-6H3. The van der Waals surface area contributed by atoms with Crippen LogP contribution in [0.5, 0.6) is 5.75 Å². The molecule has 1 fully saturated rings. The van der Waals surface area contributed by atoms with Gasteiger partial charge in [0.1, 0.15) is 11.4 Å². The van der Waals surface area contributed by atoms with Crippen molar-refractivity contribution >= 4 is 34.7 Å². The normalized spacial score (nSPS) is 19.7. The summed E-state index contributed by atoms with van der Waals surface area (Å²) < 4.78 is 17.0. The fourth-order valence-electron chi connectivity index (χ4n) is 4.52. The number of nitrogens with one attached hydrogen (secondary N) is 1. The van der Waals surface area contributed by atoms with Crippen LogP contribution < -0.4 is 19.9 Å². The number of ether oxygens (including phenoxy) is 3. The van der Waals surface area contributed by atoms with Gasteiger partial charge in [0, 0.05) is 56.4 Å². The molecule has 9 nitrogen and oxygen atoms in total. The highest BCUT2D eigenvalue weighted by atomic mass is 16.6. The minimum atomic E-state index is -0.573. The van der Waals surface area contributed by atoms with Crippen molar-refractivity contribution in [2.24, 2.45) is 0 Å². The molecule has 0 radical (unpaired) electrons. The van der Waals surface area contributed by atoms with Crippen molar-refractivity contribution in [3.05, 3.63) is 42.5 Å². The minimum Gasteiger partial charge on any atom is -0.481 e. The summed E-state index contributed by atoms with van der Waals surface area (Å²) in [5, 5.41) is 3.42. The van der Waals surface area contributed by atoms with Crippen LogP contribution in [0.4, 0.5) is 27.5 Å². The lowest BCUT2D eigenvalue weighted by molar-refractivity contribution is -0.121. The number of carbonyl (C=O) groups is 2. The van der Waals surface area contributed by atoms with Gasteiger partial charge in [0.05, 0.1) is 17.9 Å². The Bertz CT molecular complexity index is 1100. The average Bonchev–Trinajstić information content (AvgIpc) is 2.82. The predicted octanol–water partition coefficient (Wildman–Crippen LogP) is 4.64. The molecule has 0 bridgehead atoms. The number of anilines is 4. The summed E-state index contributed by atoms with van der Waals surface area (Å²) in [5.41, 5.74) is 3.11. The van der Waals surface area contributed by atoms with Crippen LogP contribution in [0.2, 0.25) is 0 Å². The lowest BCUT2D eigenvalue weighted by Crippen LogP contribution is -2.45. The molecule has 4 rings (SSSR count). The number of nitrogens with zero attached hydrogens (tertiary/aromatic N) is 3. The highest BCUT2D eigenvalue weighted by Gasteiger charge is 2.27. The first kappa shape index (κ1) is 26.6. The van der Waals surface area contributed by atoms with Gasteiger partial charge in [-0.2, -0.15) is 0 Å². The number of hydrogen-bond acceptors (Lipinski definition) is 7. The Hall–Kier alpha value is -3.46. The Morgan fingerprint density at radius 3 is 2.38 bits per heavy atom. The maximum Gasteiger partial charge on any atom is 0.410 e. The van der Waals surface area contributed by atoms with Crippen molar-refractivity contribution in [3.63, 3.8) is 0 Å². The molecule has 1 N–H and O–H groups in total. The number of fused-ring (bicyclic) bond motifs is 1. The SMILES string of the molecule is CC1CN(c2ccc(Nc3ccc4c(c3)OCC(=O)N4CCN(C)C(=O)OC(C)(C)C)cc2)CC(C)O1. The van der Waals surface area contributed by atoms with E-state index < -0.39 is 11.7 Å². The van der Waals surface area contributed by atoms with E-state index in [2.05, 4.69) is 48.3 Å². The number of hydrogen-bond donors (Lipinski definition) is 1. The summed E-state index contributed by atoms with van der Waals surface area (Å²) in [7, 11) is 1.67. The van der Waals surface area contributed by atoms with Crippen molar-refractivity contribution in [1.82, 2.24) is 4.90 Å². The van der Waals surface area contributed by atoms with Crippen molar-refractivity contribution in [1.29, 1.82) is 0 Å². The maximum absolute atomic E-state index is 12.6. The monoisotopic (exact) mass is 510 g/mol. The second-order valence-corrected chi connectivity index (χ2v) is 10.8. The Labute approximate surface area is 219 Å². The first-order chi connectivity index (χ1) is 17.5. The molecule has 0 spiro atoms. The third-order valence-corrected chi connectivity index (χ3v) is 6.21. The number of morpholine rings is 1. The molecule has 2 aromatic carbocycles. The molecule has 2 atom stereocenters. The Balaban J connectivity index is 1.39. The van der Waals surface area contributed by atoms with Gasteiger partial charge in [0.2, 0.25) is 0 Å². The molecule has 200 valence electrons. The maximum atomic E-state index is 12.6. The van der Waals surface area contributed by atoms with Crippen LogP contribution in [0.1, 0.15) is 34.6 Å². The van der Waals surface area contributed by atoms with Crippen molar-refractivity contribution in [3.8, 4) is 5.75 Å². The number of rotatable bonds is 6. The molecule has 0 aliphatic carbocycles. The summed E-state index contributed by atoms with van der Waals surface area (Å²) in [4.78, 5) is 30.3. The van der Waals surface area contributed by atoms with E-state index in [0.29, 0.717) is 24.5 Å². The smallest absolute Gasteiger partial charge is 0.410 e. The molecule has 37 heavy (non-hydrogen) atoms. The molecule has 2 aliphatic rings. The minimum absolute atomic E-state index is 0.0440. The molecule has 2 heterocycles. The van der Waals surface area contributed by atoms with Crippen molar-refractivity contribution in [2.45, 2.75) is 52.4 Å². The van der Waals surface area contributed by atoms with Gasteiger partial charge < -0.3 is 34.2 Å². The molecule has 2 aliphatic heterocycles. The van der Waals surface area contributed by atoms with Gasteiger partial charge in [0.15, 0.2) is 6.61 Å². The van der Waals surface area contributed by atoms with E-state index in [0.717, 1.165) is 24.5 Å².